The minimum atomic E-state index is 0.447. The Morgan fingerprint density at radius 1 is 1.14 bits per heavy atom. The molecule has 0 aliphatic carbocycles. The molecule has 1 aliphatic heterocycles. The van der Waals surface area contributed by atoms with Crippen LogP contribution in [0, 0.1) is 0 Å². The predicted molar refractivity (Wildman–Crippen MR) is 89.4 cm³/mol. The summed E-state index contributed by atoms with van der Waals surface area (Å²) >= 11 is 12.7. The molecule has 0 radical (unpaired) electrons. The number of benzene rings is 1. The van der Waals surface area contributed by atoms with Gasteiger partial charge in [0.25, 0.3) is 0 Å². The Hall–Kier alpha value is -0.980. The summed E-state index contributed by atoms with van der Waals surface area (Å²) in [4.78, 5) is 4.08. The van der Waals surface area contributed by atoms with E-state index < -0.39 is 0 Å². The molecule has 0 unspecified atom stereocenters. The van der Waals surface area contributed by atoms with Crippen molar-refractivity contribution in [2.24, 2.45) is 0 Å². The van der Waals surface area contributed by atoms with Crippen molar-refractivity contribution in [1.29, 1.82) is 0 Å². The molecule has 1 N–H and O–H groups in total. The zero-order chi connectivity index (χ0) is 14.8. The first-order chi connectivity index (χ1) is 10.1. The molecule has 2 heterocycles. The molecule has 2 aromatic rings. The molecule has 1 aliphatic rings. The van der Waals surface area contributed by atoms with Crippen LogP contribution in [0.2, 0.25) is 5.15 Å². The largest absolute Gasteiger partial charge is 0.486 e. The van der Waals surface area contributed by atoms with Gasteiger partial charge in [0.1, 0.15) is 18.4 Å². The Balaban J connectivity index is 1.76. The molecule has 1 aromatic heterocycles. The minimum Gasteiger partial charge on any atom is -0.486 e. The summed E-state index contributed by atoms with van der Waals surface area (Å²) in [6, 6.07) is 5.88. The summed E-state index contributed by atoms with van der Waals surface area (Å²) in [6.45, 7) is 1.79. The monoisotopic (exact) mass is 432 g/mol. The van der Waals surface area contributed by atoms with E-state index in [1.807, 2.05) is 18.2 Å². The third kappa shape index (κ3) is 3.44. The number of halogens is 3. The lowest BCUT2D eigenvalue weighted by Gasteiger charge is -2.20. The molecule has 4 nitrogen and oxygen atoms in total. The predicted octanol–water partition coefficient (Wildman–Crippen LogP) is 4.64. The van der Waals surface area contributed by atoms with Crippen molar-refractivity contribution < 1.29 is 9.47 Å². The van der Waals surface area contributed by atoms with Gasteiger partial charge >= 0.3 is 0 Å². The Morgan fingerprint density at radius 2 is 1.95 bits per heavy atom. The highest BCUT2D eigenvalue weighted by molar-refractivity contribution is 9.10. The van der Waals surface area contributed by atoms with Gasteiger partial charge in [-0.3, -0.25) is 0 Å². The van der Waals surface area contributed by atoms with Gasteiger partial charge in [0.15, 0.2) is 11.5 Å². The lowest BCUT2D eigenvalue weighted by atomic mass is 10.2. The van der Waals surface area contributed by atoms with Gasteiger partial charge in [-0.1, -0.05) is 11.6 Å². The van der Waals surface area contributed by atoms with E-state index in [2.05, 4.69) is 42.2 Å². The first-order valence-corrected chi connectivity index (χ1v) is 8.23. The van der Waals surface area contributed by atoms with E-state index in [1.54, 1.807) is 6.20 Å². The number of rotatable bonds is 3. The van der Waals surface area contributed by atoms with E-state index in [0.29, 0.717) is 24.9 Å². The van der Waals surface area contributed by atoms with E-state index in [4.69, 9.17) is 21.1 Å². The molecule has 3 rings (SSSR count). The Morgan fingerprint density at radius 3 is 2.76 bits per heavy atom. The molecular weight excluding hydrogens is 423 g/mol. The number of nitrogens with zero attached hydrogens (tertiary/aromatic N) is 1. The topological polar surface area (TPSA) is 43.4 Å². The number of aromatic nitrogens is 1. The van der Waals surface area contributed by atoms with Gasteiger partial charge in [0.05, 0.1) is 20.8 Å². The summed E-state index contributed by atoms with van der Waals surface area (Å²) in [7, 11) is 0. The van der Waals surface area contributed by atoms with Crippen LogP contribution in [0.3, 0.4) is 0 Å². The average molecular weight is 435 g/mol. The van der Waals surface area contributed by atoms with Crippen LogP contribution in [-0.2, 0) is 6.54 Å². The van der Waals surface area contributed by atoms with Gasteiger partial charge in [0.2, 0.25) is 0 Å². The molecule has 0 spiro atoms. The SMILES string of the molecule is Clc1ncc(NCc2cc(Br)c3c(c2)OCCO3)cc1Br. The first-order valence-electron chi connectivity index (χ1n) is 6.26. The highest BCUT2D eigenvalue weighted by Gasteiger charge is 2.16. The van der Waals surface area contributed by atoms with E-state index in [-0.39, 0.29) is 0 Å². The van der Waals surface area contributed by atoms with Gasteiger partial charge in [-0.05, 0) is 55.6 Å². The van der Waals surface area contributed by atoms with Crippen LogP contribution >= 0.6 is 43.5 Å². The molecule has 0 bridgehead atoms. The van der Waals surface area contributed by atoms with E-state index >= 15 is 0 Å². The third-order valence-corrected chi connectivity index (χ3v) is 4.67. The second kappa shape index (κ2) is 6.42. The maximum atomic E-state index is 5.88. The Kier molecular flexibility index (Phi) is 4.57. The van der Waals surface area contributed by atoms with Gasteiger partial charge < -0.3 is 14.8 Å². The summed E-state index contributed by atoms with van der Waals surface area (Å²) in [5.74, 6) is 1.53. The van der Waals surface area contributed by atoms with Gasteiger partial charge in [-0.15, -0.1) is 0 Å². The van der Waals surface area contributed by atoms with E-state index in [9.17, 15) is 0 Å². The number of pyridine rings is 1. The van der Waals surface area contributed by atoms with Gasteiger partial charge in [0, 0.05) is 6.54 Å². The molecule has 0 atom stereocenters. The fraction of sp³-hybridized carbons (Fsp3) is 0.214. The Labute approximate surface area is 144 Å². The van der Waals surface area contributed by atoms with Crippen molar-refractivity contribution in [2.45, 2.75) is 6.54 Å². The van der Waals surface area contributed by atoms with Crippen LogP contribution in [-0.4, -0.2) is 18.2 Å². The first kappa shape index (κ1) is 14.9. The molecule has 0 saturated heterocycles. The number of fused-ring (bicyclic) bond motifs is 1. The lowest BCUT2D eigenvalue weighted by Crippen LogP contribution is -2.16. The quantitative estimate of drug-likeness (QED) is 0.715. The van der Waals surface area contributed by atoms with Crippen molar-refractivity contribution in [2.75, 3.05) is 18.5 Å². The summed E-state index contributed by atoms with van der Waals surface area (Å²) in [6.07, 6.45) is 1.69. The number of ether oxygens (including phenoxy) is 2. The number of nitrogens with one attached hydrogen (secondary N) is 1. The fourth-order valence-corrected chi connectivity index (χ4v) is 3.04. The second-order valence-electron chi connectivity index (χ2n) is 4.45. The maximum absolute atomic E-state index is 5.88. The van der Waals surface area contributed by atoms with Crippen LogP contribution in [0.4, 0.5) is 5.69 Å². The molecule has 0 saturated carbocycles. The zero-order valence-electron chi connectivity index (χ0n) is 10.8. The maximum Gasteiger partial charge on any atom is 0.175 e. The van der Waals surface area contributed by atoms with Crippen LogP contribution in [0.5, 0.6) is 11.5 Å². The van der Waals surface area contributed by atoms with E-state index in [0.717, 1.165) is 31.7 Å². The van der Waals surface area contributed by atoms with E-state index in [1.165, 1.54) is 0 Å². The highest BCUT2D eigenvalue weighted by Crippen LogP contribution is 2.38. The van der Waals surface area contributed by atoms with Crippen LogP contribution in [0.1, 0.15) is 5.56 Å². The molecule has 0 amide bonds. The van der Waals surface area contributed by atoms with Crippen LogP contribution in [0.15, 0.2) is 33.3 Å². The van der Waals surface area contributed by atoms with Crippen LogP contribution in [0.25, 0.3) is 0 Å². The zero-order valence-corrected chi connectivity index (χ0v) is 14.8. The molecule has 0 fully saturated rings. The summed E-state index contributed by atoms with van der Waals surface area (Å²) in [5, 5.41) is 3.74. The summed E-state index contributed by atoms with van der Waals surface area (Å²) < 4.78 is 12.8. The molecule has 1 aromatic carbocycles. The van der Waals surface area contributed by atoms with Crippen molar-refractivity contribution in [1.82, 2.24) is 4.98 Å². The average Bonchev–Trinajstić information content (AvgIpc) is 2.49. The smallest absolute Gasteiger partial charge is 0.175 e. The van der Waals surface area contributed by atoms with Gasteiger partial charge in [-0.2, -0.15) is 0 Å². The standard InChI is InChI=1S/C14H11Br2ClN2O2/c15-10-3-8(4-12-13(10)21-2-1-20-12)6-18-9-5-11(16)14(17)19-7-9/h3-5,7,18H,1-2,6H2. The van der Waals surface area contributed by atoms with Crippen LogP contribution < -0.4 is 14.8 Å². The third-order valence-electron chi connectivity index (χ3n) is 2.95. The second-order valence-corrected chi connectivity index (χ2v) is 6.52. The fourth-order valence-electron chi connectivity index (χ4n) is 1.99. The van der Waals surface area contributed by atoms with Crippen molar-refractivity contribution >= 4 is 49.1 Å². The van der Waals surface area contributed by atoms with Crippen molar-refractivity contribution in [3.63, 3.8) is 0 Å². The summed E-state index contributed by atoms with van der Waals surface area (Å²) in [5.41, 5.74) is 1.97. The number of hydrogen-bond acceptors (Lipinski definition) is 4. The van der Waals surface area contributed by atoms with Crippen molar-refractivity contribution in [3.8, 4) is 11.5 Å². The number of anilines is 1. The highest BCUT2D eigenvalue weighted by atomic mass is 79.9. The minimum absolute atomic E-state index is 0.447. The van der Waals surface area contributed by atoms with Crippen molar-refractivity contribution in [3.05, 3.63) is 44.1 Å². The molecule has 7 heteroatoms. The number of hydrogen-bond donors (Lipinski definition) is 1. The normalized spacial score (nSPS) is 13.1. The molecule has 21 heavy (non-hydrogen) atoms. The molecule has 110 valence electrons. The Bertz CT molecular complexity index is 682. The lowest BCUT2D eigenvalue weighted by molar-refractivity contribution is 0.170. The van der Waals surface area contributed by atoms with Gasteiger partial charge in [-0.25, -0.2) is 4.98 Å². The molecular formula is C14H11Br2ClN2O2.